The number of hydrogen-bond donors (Lipinski definition) is 0. The Morgan fingerprint density at radius 1 is 0.361 bits per heavy atom. The third kappa shape index (κ3) is 54.9. The molecular formula is C77H144N2O4. The Bertz CT molecular complexity index is 1450. The number of rotatable bonds is 58. The highest BCUT2D eigenvalue weighted by molar-refractivity contribution is 5.69. The van der Waals surface area contributed by atoms with E-state index in [1.807, 2.05) is 0 Å². The molecule has 1 rings (SSSR count). The molecule has 1 aliphatic rings. The van der Waals surface area contributed by atoms with Crippen LogP contribution in [0.25, 0.3) is 0 Å². The number of unbranched alkanes of at least 4 members (excludes halogenated alkanes) is 24. The average molecular weight is 1160 g/mol. The molecule has 6 heteroatoms. The number of carbonyl (C=O) groups is 1. The van der Waals surface area contributed by atoms with Crippen molar-refractivity contribution in [1.82, 2.24) is 9.80 Å². The Kier molecular flexibility index (Phi) is 62.5. The lowest BCUT2D eigenvalue weighted by Crippen LogP contribution is -2.46. The summed E-state index contributed by atoms with van der Waals surface area (Å²) in [7, 11) is 8.51. The summed E-state index contributed by atoms with van der Waals surface area (Å²) < 4.78 is 19.8. The molecule has 1 aliphatic heterocycles. The molecule has 1 saturated heterocycles. The molecule has 6 nitrogen and oxygen atoms in total. The molecule has 0 aromatic carbocycles. The van der Waals surface area contributed by atoms with E-state index in [1.165, 1.54) is 199 Å². The summed E-state index contributed by atoms with van der Waals surface area (Å²) in [4.78, 5) is 17.4. The summed E-state index contributed by atoms with van der Waals surface area (Å²) in [6.07, 6.45) is 84.6. The van der Waals surface area contributed by atoms with Crippen molar-refractivity contribution in [3.05, 3.63) is 72.9 Å². The van der Waals surface area contributed by atoms with E-state index in [4.69, 9.17) is 14.2 Å². The second-order valence-electron chi connectivity index (χ2n) is 25.5. The third-order valence-corrected chi connectivity index (χ3v) is 16.7. The maximum Gasteiger partial charge on any atom is 0.306 e. The molecule has 3 atom stereocenters. The molecule has 0 radical (unpaired) electrons. The van der Waals surface area contributed by atoms with Gasteiger partial charge in [-0.15, -0.1) is 0 Å². The number of esters is 1. The fraction of sp³-hybridized carbons (Fsp3) is 0.831. The smallest absolute Gasteiger partial charge is 0.306 e. The van der Waals surface area contributed by atoms with E-state index in [1.54, 1.807) is 0 Å². The fourth-order valence-electron chi connectivity index (χ4n) is 11.4. The van der Waals surface area contributed by atoms with Crippen LogP contribution in [0.4, 0.5) is 0 Å². The van der Waals surface area contributed by atoms with Crippen molar-refractivity contribution in [2.24, 2.45) is 11.8 Å². The van der Waals surface area contributed by atoms with Crippen molar-refractivity contribution < 1.29 is 19.0 Å². The van der Waals surface area contributed by atoms with Gasteiger partial charge < -0.3 is 24.0 Å². The van der Waals surface area contributed by atoms with E-state index in [0.29, 0.717) is 30.5 Å². The van der Waals surface area contributed by atoms with E-state index >= 15 is 0 Å². The Balaban J connectivity index is 0.00000162. The summed E-state index contributed by atoms with van der Waals surface area (Å²) in [6, 6.07) is 0. The molecule has 0 aliphatic carbocycles. The maximum atomic E-state index is 13.0. The Morgan fingerprint density at radius 2 is 0.687 bits per heavy atom. The molecule has 0 N–H and O–H groups in total. The van der Waals surface area contributed by atoms with Crippen LogP contribution in [0.5, 0.6) is 0 Å². The predicted octanol–water partition coefficient (Wildman–Crippen LogP) is 23.8. The van der Waals surface area contributed by atoms with E-state index in [9.17, 15) is 4.79 Å². The van der Waals surface area contributed by atoms with Crippen LogP contribution in [0.1, 0.15) is 337 Å². The number of hydrogen-bond acceptors (Lipinski definition) is 6. The lowest BCUT2D eigenvalue weighted by Gasteiger charge is -2.43. The molecule has 0 aromatic heterocycles. The van der Waals surface area contributed by atoms with Crippen LogP contribution in [0, 0.1) is 11.8 Å². The second-order valence-corrected chi connectivity index (χ2v) is 25.5. The minimum absolute atomic E-state index is 0.0190. The van der Waals surface area contributed by atoms with Gasteiger partial charge in [0.15, 0.2) is 6.29 Å². The minimum Gasteiger partial charge on any atom is -0.462 e. The van der Waals surface area contributed by atoms with Gasteiger partial charge in [0.25, 0.3) is 0 Å². The molecule has 83 heavy (non-hydrogen) atoms. The molecule has 1 fully saturated rings. The standard InChI is InChI=1S/C39H73NO2.C38H71NO2/c1-6-9-12-15-18-21-24-27-32-37(33-28-25-22-19-16-13-10-7-2)38(34-29-26-23-20-17-14-11-8-3)42-39(41)35-30-31-36-40(4)5;1-6-9-12-15-18-21-24-27-31-36-35(30-26-23-20-17-14-11-8-3)37(32-28-25-22-19-16-13-10-7-2)41-38(40-36)33-29-34-39(4)5/h18-23,37-38H,6-17,24-36H2,1-5H3;18-23,35-38H,6-17,24-34H2,1-5H3/b2*21-18-,22-19-,23-20-. The van der Waals surface area contributed by atoms with Crippen LogP contribution in [0.15, 0.2) is 72.9 Å². The zero-order valence-corrected chi connectivity index (χ0v) is 57.4. The zero-order valence-electron chi connectivity index (χ0n) is 57.4. The molecule has 0 spiro atoms. The van der Waals surface area contributed by atoms with Crippen molar-refractivity contribution in [1.29, 1.82) is 0 Å². The quantitative estimate of drug-likeness (QED) is 0.0344. The molecule has 0 amide bonds. The van der Waals surface area contributed by atoms with E-state index in [2.05, 4.69) is 152 Å². The normalized spacial score (nSPS) is 17.4. The molecular weight excluding hydrogens is 1020 g/mol. The lowest BCUT2D eigenvalue weighted by atomic mass is 9.84. The maximum absolute atomic E-state index is 13.0. The van der Waals surface area contributed by atoms with Crippen LogP contribution in [-0.4, -0.2) is 81.7 Å². The van der Waals surface area contributed by atoms with Gasteiger partial charge in [0.1, 0.15) is 6.10 Å². The monoisotopic (exact) mass is 1160 g/mol. The first kappa shape index (κ1) is 80.8. The predicted molar refractivity (Wildman–Crippen MR) is 369 cm³/mol. The van der Waals surface area contributed by atoms with Gasteiger partial charge in [-0.05, 0) is 259 Å². The second kappa shape index (κ2) is 64.2. The van der Waals surface area contributed by atoms with Crippen molar-refractivity contribution >= 4 is 5.97 Å². The zero-order chi connectivity index (χ0) is 60.7. The van der Waals surface area contributed by atoms with Crippen molar-refractivity contribution in [3.63, 3.8) is 0 Å². The molecule has 0 aromatic rings. The average Bonchev–Trinajstić information content (AvgIpc) is 3.47. The fourth-order valence-corrected chi connectivity index (χ4v) is 11.4. The van der Waals surface area contributed by atoms with Gasteiger partial charge in [-0.3, -0.25) is 4.79 Å². The molecule has 1 heterocycles. The number of ether oxygens (including phenoxy) is 3. The highest BCUT2D eigenvalue weighted by Gasteiger charge is 2.38. The van der Waals surface area contributed by atoms with Crippen LogP contribution < -0.4 is 0 Å². The molecule has 0 bridgehead atoms. The largest absolute Gasteiger partial charge is 0.462 e. The number of allylic oxidation sites excluding steroid dienone is 12. The molecule has 486 valence electrons. The topological polar surface area (TPSA) is 51.2 Å². The van der Waals surface area contributed by atoms with E-state index in [0.717, 1.165) is 103 Å². The number of nitrogens with zero attached hydrogens (tertiary/aromatic N) is 2. The van der Waals surface area contributed by atoms with Gasteiger partial charge in [-0.1, -0.05) is 192 Å². The summed E-state index contributed by atoms with van der Waals surface area (Å²) in [5, 5.41) is 0. The van der Waals surface area contributed by atoms with Crippen LogP contribution >= 0.6 is 0 Å². The van der Waals surface area contributed by atoms with Gasteiger partial charge in [-0.25, -0.2) is 0 Å². The lowest BCUT2D eigenvalue weighted by molar-refractivity contribution is -0.274. The Labute approximate surface area is 519 Å². The molecule has 0 saturated carbocycles. The Hall–Kier alpha value is -2.25. The summed E-state index contributed by atoms with van der Waals surface area (Å²) in [6.45, 7) is 15.8. The van der Waals surface area contributed by atoms with Gasteiger partial charge in [-0.2, -0.15) is 0 Å². The van der Waals surface area contributed by atoms with Crippen molar-refractivity contribution in [3.8, 4) is 0 Å². The Morgan fingerprint density at radius 3 is 1.05 bits per heavy atom. The first-order chi connectivity index (χ1) is 40.7. The van der Waals surface area contributed by atoms with Crippen molar-refractivity contribution in [2.75, 3.05) is 41.3 Å². The summed E-state index contributed by atoms with van der Waals surface area (Å²) >= 11 is 0. The van der Waals surface area contributed by atoms with Gasteiger partial charge >= 0.3 is 5.97 Å². The first-order valence-electron chi connectivity index (χ1n) is 36.4. The van der Waals surface area contributed by atoms with E-state index < -0.39 is 0 Å². The third-order valence-electron chi connectivity index (χ3n) is 16.7. The SMILES string of the molecule is CCCCC/C=C\CCCC(CCC/C=C\CCCCC)C(CCC/C=C\CCCCC)OC(=O)CCCCN(C)C.CCCCC/C=C\CCCC1OC(CCCN(C)C)OC(CCC/C=C\CCCCC)C1CC/C=C\CCCCC. The van der Waals surface area contributed by atoms with Gasteiger partial charge in [0.2, 0.25) is 0 Å². The number of carbonyl (C=O) groups excluding carboxylic acids is 1. The van der Waals surface area contributed by atoms with E-state index in [-0.39, 0.29) is 18.4 Å². The molecule has 3 unspecified atom stereocenters. The van der Waals surface area contributed by atoms with Crippen molar-refractivity contribution in [2.45, 2.75) is 362 Å². The minimum atomic E-state index is -0.0417. The van der Waals surface area contributed by atoms with Crippen LogP contribution in [0.3, 0.4) is 0 Å². The van der Waals surface area contributed by atoms with Crippen LogP contribution in [-0.2, 0) is 19.0 Å². The highest BCUT2D eigenvalue weighted by atomic mass is 16.7. The van der Waals surface area contributed by atoms with Crippen LogP contribution in [0.2, 0.25) is 0 Å². The summed E-state index contributed by atoms with van der Waals surface area (Å²) in [5.74, 6) is 0.985. The highest BCUT2D eigenvalue weighted by Crippen LogP contribution is 2.36. The summed E-state index contributed by atoms with van der Waals surface area (Å²) in [5.41, 5.74) is 0. The van der Waals surface area contributed by atoms with Gasteiger partial charge in [0.05, 0.1) is 12.2 Å². The van der Waals surface area contributed by atoms with Gasteiger partial charge in [0, 0.05) is 12.3 Å². The first-order valence-corrected chi connectivity index (χ1v) is 36.4.